The van der Waals surface area contributed by atoms with Gasteiger partial charge in [0.05, 0.1) is 26.3 Å². The highest BCUT2D eigenvalue weighted by molar-refractivity contribution is 5.92. The molecule has 0 aromatic heterocycles. The first-order valence-corrected chi connectivity index (χ1v) is 6.49. The molecule has 6 heteroatoms. The monoisotopic (exact) mass is 307 g/mol. The van der Waals surface area contributed by atoms with Gasteiger partial charge in [-0.15, -0.1) is 0 Å². The molecule has 0 aliphatic heterocycles. The normalized spacial score (nSPS) is 10.2. The van der Waals surface area contributed by atoms with Crippen LogP contribution in [0.3, 0.4) is 0 Å². The van der Waals surface area contributed by atoms with Crippen LogP contribution in [0.15, 0.2) is 36.4 Å². The van der Waals surface area contributed by atoms with Crippen molar-refractivity contribution in [3.8, 4) is 11.5 Å². The first kappa shape index (κ1) is 15.8. The standard InChI is InChI=1S/C16H15F2NO3/c1-21-12-4-6-15(22-2)10(7-12)8-16(20)19-14-9-11(17)3-5-13(14)18/h3-7,9H,8H2,1-2H3,(H,19,20). The Bertz CT molecular complexity index is 689. The molecule has 1 amide bonds. The summed E-state index contributed by atoms with van der Waals surface area (Å²) in [5, 5.41) is 2.34. The van der Waals surface area contributed by atoms with E-state index in [0.29, 0.717) is 17.1 Å². The van der Waals surface area contributed by atoms with Gasteiger partial charge in [-0.2, -0.15) is 0 Å². The fourth-order valence-electron chi connectivity index (χ4n) is 1.98. The maximum atomic E-state index is 13.5. The second-order valence-electron chi connectivity index (χ2n) is 4.53. The van der Waals surface area contributed by atoms with Gasteiger partial charge in [0.1, 0.15) is 23.1 Å². The van der Waals surface area contributed by atoms with E-state index in [1.807, 2.05) is 0 Å². The molecular weight excluding hydrogens is 292 g/mol. The molecule has 2 rings (SSSR count). The van der Waals surface area contributed by atoms with Crippen LogP contribution in [0.25, 0.3) is 0 Å². The first-order valence-electron chi connectivity index (χ1n) is 6.49. The molecule has 2 aromatic rings. The van der Waals surface area contributed by atoms with E-state index in [1.54, 1.807) is 18.2 Å². The molecule has 1 N–H and O–H groups in total. The van der Waals surface area contributed by atoms with Gasteiger partial charge in [-0.1, -0.05) is 0 Å². The average Bonchev–Trinajstić information content (AvgIpc) is 2.50. The molecule has 0 radical (unpaired) electrons. The van der Waals surface area contributed by atoms with Crippen LogP contribution in [-0.2, 0) is 11.2 Å². The third-order valence-electron chi connectivity index (χ3n) is 3.04. The molecule has 22 heavy (non-hydrogen) atoms. The molecule has 0 fully saturated rings. The number of nitrogens with one attached hydrogen (secondary N) is 1. The molecule has 0 bridgehead atoms. The molecule has 0 saturated heterocycles. The largest absolute Gasteiger partial charge is 0.497 e. The quantitative estimate of drug-likeness (QED) is 0.923. The molecule has 0 aliphatic rings. The van der Waals surface area contributed by atoms with Crippen LogP contribution in [0.4, 0.5) is 14.5 Å². The van der Waals surface area contributed by atoms with Crippen LogP contribution in [-0.4, -0.2) is 20.1 Å². The van der Waals surface area contributed by atoms with Crippen LogP contribution < -0.4 is 14.8 Å². The van der Waals surface area contributed by atoms with Gasteiger partial charge in [-0.25, -0.2) is 8.78 Å². The van der Waals surface area contributed by atoms with Crippen LogP contribution in [0.2, 0.25) is 0 Å². The molecule has 0 atom stereocenters. The van der Waals surface area contributed by atoms with E-state index in [-0.39, 0.29) is 12.1 Å². The highest BCUT2D eigenvalue weighted by atomic mass is 19.1. The number of hydrogen-bond acceptors (Lipinski definition) is 3. The molecule has 0 heterocycles. The van der Waals surface area contributed by atoms with Gasteiger partial charge in [0.2, 0.25) is 5.91 Å². The van der Waals surface area contributed by atoms with Crippen LogP contribution in [0.5, 0.6) is 11.5 Å². The topological polar surface area (TPSA) is 47.6 Å². The van der Waals surface area contributed by atoms with E-state index in [4.69, 9.17) is 9.47 Å². The van der Waals surface area contributed by atoms with Crippen molar-refractivity contribution in [3.05, 3.63) is 53.6 Å². The minimum atomic E-state index is -0.702. The second-order valence-corrected chi connectivity index (χ2v) is 4.53. The Kier molecular flexibility index (Phi) is 4.93. The summed E-state index contributed by atoms with van der Waals surface area (Å²) < 4.78 is 36.9. The summed E-state index contributed by atoms with van der Waals surface area (Å²) in [6.07, 6.45) is -0.0592. The van der Waals surface area contributed by atoms with Gasteiger partial charge in [-0.05, 0) is 30.3 Å². The maximum Gasteiger partial charge on any atom is 0.229 e. The Labute approximate surface area is 126 Å². The fraction of sp³-hybridized carbons (Fsp3) is 0.188. The first-order chi connectivity index (χ1) is 10.5. The van der Waals surface area contributed by atoms with E-state index in [0.717, 1.165) is 18.2 Å². The lowest BCUT2D eigenvalue weighted by Gasteiger charge is -2.11. The predicted octanol–water partition coefficient (Wildman–Crippen LogP) is 3.16. The molecule has 0 saturated carbocycles. The van der Waals surface area contributed by atoms with Crippen molar-refractivity contribution >= 4 is 11.6 Å². The number of carbonyl (C=O) groups excluding carboxylic acids is 1. The average molecular weight is 307 g/mol. The highest BCUT2D eigenvalue weighted by Gasteiger charge is 2.12. The number of carbonyl (C=O) groups is 1. The van der Waals surface area contributed by atoms with Crippen molar-refractivity contribution in [1.29, 1.82) is 0 Å². The van der Waals surface area contributed by atoms with Crippen molar-refractivity contribution in [2.24, 2.45) is 0 Å². The number of benzene rings is 2. The summed E-state index contributed by atoms with van der Waals surface area (Å²) >= 11 is 0. The maximum absolute atomic E-state index is 13.5. The van der Waals surface area contributed by atoms with Crippen LogP contribution >= 0.6 is 0 Å². The number of rotatable bonds is 5. The van der Waals surface area contributed by atoms with Crippen molar-refractivity contribution < 1.29 is 23.0 Å². The molecule has 0 aliphatic carbocycles. The minimum Gasteiger partial charge on any atom is -0.497 e. The Morgan fingerprint density at radius 2 is 1.86 bits per heavy atom. The number of methoxy groups -OCH3 is 2. The van der Waals surface area contributed by atoms with Crippen molar-refractivity contribution in [3.63, 3.8) is 0 Å². The van der Waals surface area contributed by atoms with Crippen LogP contribution in [0.1, 0.15) is 5.56 Å². The second kappa shape index (κ2) is 6.89. The SMILES string of the molecule is COc1ccc(OC)c(CC(=O)Nc2cc(F)ccc2F)c1. The van der Waals surface area contributed by atoms with E-state index in [1.165, 1.54) is 14.2 Å². The van der Waals surface area contributed by atoms with Gasteiger partial charge in [-0.3, -0.25) is 4.79 Å². The number of amides is 1. The fourth-order valence-corrected chi connectivity index (χ4v) is 1.98. The molecular formula is C16H15F2NO3. The third-order valence-corrected chi connectivity index (χ3v) is 3.04. The highest BCUT2D eigenvalue weighted by Crippen LogP contribution is 2.25. The Morgan fingerprint density at radius 1 is 1.09 bits per heavy atom. The van der Waals surface area contributed by atoms with Gasteiger partial charge in [0, 0.05) is 11.6 Å². The summed E-state index contributed by atoms with van der Waals surface area (Å²) in [4.78, 5) is 12.0. The van der Waals surface area contributed by atoms with Gasteiger partial charge >= 0.3 is 0 Å². The van der Waals surface area contributed by atoms with Gasteiger partial charge in [0.15, 0.2) is 0 Å². The summed E-state index contributed by atoms with van der Waals surface area (Å²) in [5.74, 6) is -0.740. The third kappa shape index (κ3) is 3.72. The number of anilines is 1. The molecule has 0 unspecified atom stereocenters. The molecule has 116 valence electrons. The lowest BCUT2D eigenvalue weighted by Crippen LogP contribution is -2.16. The summed E-state index contributed by atoms with van der Waals surface area (Å²) in [7, 11) is 2.99. The number of hydrogen-bond donors (Lipinski definition) is 1. The minimum absolute atomic E-state index is 0.0592. The molecule has 2 aromatic carbocycles. The van der Waals surface area contributed by atoms with Crippen molar-refractivity contribution in [2.75, 3.05) is 19.5 Å². The van der Waals surface area contributed by atoms with E-state index >= 15 is 0 Å². The van der Waals surface area contributed by atoms with Crippen molar-refractivity contribution in [1.82, 2.24) is 0 Å². The smallest absolute Gasteiger partial charge is 0.229 e. The van der Waals surface area contributed by atoms with Gasteiger partial charge in [0.25, 0.3) is 0 Å². The molecule has 0 spiro atoms. The predicted molar refractivity (Wildman–Crippen MR) is 78.2 cm³/mol. The van der Waals surface area contributed by atoms with Gasteiger partial charge < -0.3 is 14.8 Å². The Hall–Kier alpha value is -2.63. The zero-order valence-electron chi connectivity index (χ0n) is 12.2. The zero-order valence-corrected chi connectivity index (χ0v) is 12.2. The van der Waals surface area contributed by atoms with Crippen molar-refractivity contribution in [2.45, 2.75) is 6.42 Å². The summed E-state index contributed by atoms with van der Waals surface area (Å²) in [6, 6.07) is 7.89. The van der Waals surface area contributed by atoms with E-state index in [2.05, 4.69) is 5.32 Å². The van der Waals surface area contributed by atoms with E-state index in [9.17, 15) is 13.6 Å². The Balaban J connectivity index is 2.16. The summed E-state index contributed by atoms with van der Waals surface area (Å²) in [6.45, 7) is 0. The lowest BCUT2D eigenvalue weighted by atomic mass is 10.1. The number of ether oxygens (including phenoxy) is 2. The Morgan fingerprint density at radius 3 is 2.55 bits per heavy atom. The lowest BCUT2D eigenvalue weighted by molar-refractivity contribution is -0.115. The summed E-state index contributed by atoms with van der Waals surface area (Å²) in [5.41, 5.74) is 0.378. The zero-order chi connectivity index (χ0) is 16.1. The molecule has 4 nitrogen and oxygen atoms in total. The van der Waals surface area contributed by atoms with Crippen LogP contribution in [0, 0.1) is 11.6 Å². The van der Waals surface area contributed by atoms with E-state index < -0.39 is 17.5 Å². The number of halogens is 2.